The lowest BCUT2D eigenvalue weighted by Crippen LogP contribution is -2.64. The van der Waals surface area contributed by atoms with E-state index in [9.17, 15) is 19.5 Å². The number of likely N-dealkylation sites (N-methyl/N-ethyl adjacent to an activating group) is 1. The van der Waals surface area contributed by atoms with Crippen LogP contribution in [-0.2, 0) is 39.7 Å². The summed E-state index contributed by atoms with van der Waals surface area (Å²) in [6, 6.07) is 2.23. The summed E-state index contributed by atoms with van der Waals surface area (Å²) < 4.78 is 48.0. The van der Waals surface area contributed by atoms with Gasteiger partial charge in [-0.2, -0.15) is 0 Å². The summed E-state index contributed by atoms with van der Waals surface area (Å²) in [5, 5.41) is 15.0. The average Bonchev–Trinajstić information content (AvgIpc) is 3.43. The highest BCUT2D eigenvalue weighted by atomic mass is 19.1. The van der Waals surface area contributed by atoms with Crippen LogP contribution in [0, 0.1) is 17.8 Å². The Kier molecular flexibility index (Phi) is 15.1. The molecule has 4 heterocycles. The maximum absolute atomic E-state index is 16.9. The number of cyclic esters (lactones) is 1. The highest BCUT2D eigenvalue weighted by Gasteiger charge is 2.62. The van der Waals surface area contributed by atoms with Gasteiger partial charge in [0.05, 0.1) is 23.9 Å². The largest absolute Gasteiger partial charge is 0.455 e. The summed E-state index contributed by atoms with van der Waals surface area (Å²) in [6.07, 6.45) is 0.285. The molecule has 2 unspecified atom stereocenters. The number of aliphatic hydroxyl groups is 1. The molecule has 318 valence electrons. The van der Waals surface area contributed by atoms with E-state index in [2.05, 4.69) is 4.98 Å². The van der Waals surface area contributed by atoms with Gasteiger partial charge in [0.25, 0.3) is 5.67 Å². The van der Waals surface area contributed by atoms with Crippen molar-refractivity contribution in [3.63, 3.8) is 0 Å². The monoisotopic (exact) mass is 794 g/mol. The Bertz CT molecular complexity index is 1490. The van der Waals surface area contributed by atoms with Crippen molar-refractivity contribution in [1.82, 2.24) is 19.9 Å². The Morgan fingerprint density at radius 2 is 1.73 bits per heavy atom. The lowest BCUT2D eigenvalue weighted by atomic mass is 9.72. The number of aromatic nitrogens is 1. The number of aliphatic hydroxyl groups excluding tert-OH is 1. The first-order valence-corrected chi connectivity index (χ1v) is 20.2. The van der Waals surface area contributed by atoms with Crippen molar-refractivity contribution in [3.8, 4) is 0 Å². The van der Waals surface area contributed by atoms with Crippen LogP contribution in [0.2, 0.25) is 0 Å². The van der Waals surface area contributed by atoms with E-state index in [1.54, 1.807) is 38.2 Å². The van der Waals surface area contributed by atoms with E-state index in [0.717, 1.165) is 25.3 Å². The van der Waals surface area contributed by atoms with Gasteiger partial charge in [-0.1, -0.05) is 34.6 Å². The van der Waals surface area contributed by atoms with Crippen LogP contribution in [-0.4, -0.2) is 143 Å². The lowest BCUT2D eigenvalue weighted by Gasteiger charge is -2.48. The minimum atomic E-state index is -3.14. The molecule has 4 rings (SSSR count). The Labute approximate surface area is 332 Å². The number of aryl methyl sites for hydroxylation is 1. The van der Waals surface area contributed by atoms with Crippen molar-refractivity contribution in [3.05, 3.63) is 30.1 Å². The Hall–Kier alpha value is -2.79. The zero-order valence-corrected chi connectivity index (χ0v) is 35.6. The van der Waals surface area contributed by atoms with Crippen molar-refractivity contribution in [2.75, 3.05) is 34.3 Å². The third kappa shape index (κ3) is 9.24. The van der Waals surface area contributed by atoms with Crippen molar-refractivity contribution in [2.45, 2.75) is 160 Å². The summed E-state index contributed by atoms with van der Waals surface area (Å²) in [4.78, 5) is 48.4. The van der Waals surface area contributed by atoms with Gasteiger partial charge >= 0.3 is 12.1 Å². The molecular formula is C41H68FN5O9. The van der Waals surface area contributed by atoms with Gasteiger partial charge in [0.2, 0.25) is 0 Å². The van der Waals surface area contributed by atoms with E-state index in [0.29, 0.717) is 19.5 Å². The fourth-order valence-electron chi connectivity index (χ4n) is 9.30. The molecule has 56 heavy (non-hydrogen) atoms. The van der Waals surface area contributed by atoms with E-state index in [-0.39, 0.29) is 30.9 Å². The molecule has 0 aliphatic carbocycles. The molecule has 1 amide bonds. The van der Waals surface area contributed by atoms with E-state index in [1.807, 2.05) is 63.8 Å². The van der Waals surface area contributed by atoms with Crippen LogP contribution in [0.15, 0.2) is 24.5 Å². The highest BCUT2D eigenvalue weighted by molar-refractivity contribution is 6.07. The number of pyridine rings is 1. The molecule has 3 fully saturated rings. The Morgan fingerprint density at radius 1 is 1.09 bits per heavy atom. The van der Waals surface area contributed by atoms with Crippen molar-refractivity contribution in [1.29, 1.82) is 0 Å². The average molecular weight is 794 g/mol. The third-order valence-corrected chi connectivity index (χ3v) is 12.7. The normalized spacial score (nSPS) is 40.3. The molecule has 14 nitrogen and oxygen atoms in total. The van der Waals surface area contributed by atoms with E-state index < -0.39 is 83.2 Å². The van der Waals surface area contributed by atoms with Gasteiger partial charge in [0.15, 0.2) is 17.7 Å². The second-order valence-corrected chi connectivity index (χ2v) is 17.1. The van der Waals surface area contributed by atoms with Crippen LogP contribution >= 0.6 is 0 Å². The zero-order chi connectivity index (χ0) is 41.9. The number of alkyl halides is 1. The summed E-state index contributed by atoms with van der Waals surface area (Å²) in [5.41, 5.74) is 2.40. The first kappa shape index (κ1) is 45.9. The van der Waals surface area contributed by atoms with Crippen LogP contribution in [0.4, 0.5) is 9.18 Å². The molecule has 15 heteroatoms. The number of Topliss-reactive ketones (excluding diaryl/α,β-unsaturated/α-hetero) is 1. The highest BCUT2D eigenvalue weighted by Crippen LogP contribution is 2.44. The summed E-state index contributed by atoms with van der Waals surface area (Å²) in [7, 11) is 5.17. The van der Waals surface area contributed by atoms with Crippen molar-refractivity contribution in [2.24, 2.45) is 23.5 Å². The number of ketones is 1. The second-order valence-electron chi connectivity index (χ2n) is 17.1. The van der Waals surface area contributed by atoms with Gasteiger partial charge in [-0.05, 0) is 103 Å². The number of hydrazine groups is 1. The van der Waals surface area contributed by atoms with Crippen molar-refractivity contribution < 1.29 is 47.6 Å². The number of rotatable bonds is 11. The molecule has 3 aliphatic rings. The fourth-order valence-corrected chi connectivity index (χ4v) is 9.30. The number of hydrogen-bond acceptors (Lipinski definition) is 13. The molecule has 3 saturated heterocycles. The number of halogens is 1. The van der Waals surface area contributed by atoms with Crippen LogP contribution in [0.25, 0.3) is 0 Å². The summed E-state index contributed by atoms with van der Waals surface area (Å²) in [5.74, 6) is -4.58. The van der Waals surface area contributed by atoms with Crippen LogP contribution in [0.3, 0.4) is 0 Å². The molecule has 3 N–H and O–H groups in total. The second kappa shape index (κ2) is 18.4. The number of carbonyl (C=O) groups is 3. The van der Waals surface area contributed by atoms with Crippen LogP contribution < -0.4 is 5.73 Å². The SMILES string of the molecule is CC[C@@H]1OC(=O)C(C)(F)C(=O)[C@H](C)[C@@H](O[C@@H]2O[C@H](C)C[C@H](N(C)C)[C@H]2O)[C@@](C)(OC)C[C@@H](C)C(N)[C@@H](C)[C@H]2N(N(CC)CCCc3ccncc3)C(=O)O[C@]12C. The van der Waals surface area contributed by atoms with Crippen LogP contribution in [0.1, 0.15) is 93.6 Å². The van der Waals surface area contributed by atoms with Gasteiger partial charge in [-0.25, -0.2) is 24.0 Å². The van der Waals surface area contributed by atoms with Crippen LogP contribution in [0.5, 0.6) is 0 Å². The first-order valence-electron chi connectivity index (χ1n) is 20.2. The number of fused-ring (bicyclic) bond motifs is 1. The predicted molar refractivity (Wildman–Crippen MR) is 208 cm³/mol. The van der Waals surface area contributed by atoms with Gasteiger partial charge in [-0.15, -0.1) is 0 Å². The number of methoxy groups -OCH3 is 1. The molecule has 0 bridgehead atoms. The van der Waals surface area contributed by atoms with E-state index >= 15 is 4.39 Å². The molecular weight excluding hydrogens is 725 g/mol. The smallest absolute Gasteiger partial charge is 0.425 e. The molecule has 0 saturated carbocycles. The first-order chi connectivity index (χ1) is 26.2. The number of esters is 1. The quantitative estimate of drug-likeness (QED) is 0.241. The predicted octanol–water partition coefficient (Wildman–Crippen LogP) is 4.31. The minimum absolute atomic E-state index is 0.154. The third-order valence-electron chi connectivity index (χ3n) is 12.7. The topological polar surface area (TPSA) is 166 Å². The number of carbonyl (C=O) groups excluding carboxylic acids is 3. The molecule has 0 aromatic carbocycles. The number of ether oxygens (including phenoxy) is 5. The Morgan fingerprint density at radius 3 is 2.30 bits per heavy atom. The maximum Gasteiger partial charge on any atom is 0.425 e. The zero-order valence-electron chi connectivity index (χ0n) is 35.6. The summed E-state index contributed by atoms with van der Waals surface area (Å²) in [6.45, 7) is 16.3. The lowest BCUT2D eigenvalue weighted by molar-refractivity contribution is -0.296. The van der Waals surface area contributed by atoms with Gasteiger partial charge in [0.1, 0.15) is 12.2 Å². The molecule has 3 aliphatic heterocycles. The standard InChI is InChI=1S/C41H68FN5O9/c1-13-30-41(9)33(47(38(51)56-41)46(14-2)21-15-16-28-17-19-44-20-18-28)26(5)31(43)24(3)23-39(7,52-12)35(27(6)34(49)40(8,42)37(50)54-30)55-36-32(48)29(45(10)11)22-25(4)53-36/h17-20,24-27,29-33,35-36,48H,13-16,21-23,43H2,1-12H3/t24-,25-,26-,27+,29+,30+,31?,32-,33-,35-,36+,39+,40?,41-/m1/s1. The molecule has 1 aromatic rings. The molecule has 14 atom stereocenters. The molecule has 1 aromatic heterocycles. The number of nitrogens with two attached hydrogens (primary N) is 1. The Balaban J connectivity index is 1.79. The molecule has 0 radical (unpaired) electrons. The van der Waals surface area contributed by atoms with Gasteiger partial charge < -0.3 is 39.4 Å². The summed E-state index contributed by atoms with van der Waals surface area (Å²) >= 11 is 0. The van der Waals surface area contributed by atoms with Gasteiger partial charge in [-0.3, -0.25) is 9.78 Å². The minimum Gasteiger partial charge on any atom is -0.455 e. The number of hydrogen-bond donors (Lipinski definition) is 2. The fraction of sp³-hybridized carbons (Fsp3) is 0.805. The maximum atomic E-state index is 16.9. The van der Waals surface area contributed by atoms with Gasteiger partial charge in [0, 0.05) is 50.6 Å². The molecule has 0 spiro atoms. The number of amides is 1. The van der Waals surface area contributed by atoms with E-state index in [4.69, 9.17) is 29.4 Å². The van der Waals surface area contributed by atoms with Crippen molar-refractivity contribution >= 4 is 17.8 Å². The van der Waals surface area contributed by atoms with E-state index in [1.165, 1.54) is 14.0 Å². The number of nitrogens with zero attached hydrogens (tertiary/aromatic N) is 4.